The lowest BCUT2D eigenvalue weighted by molar-refractivity contribution is -0.384. The number of aryl methyl sites for hydroxylation is 1. The number of amides is 1. The van der Waals surface area contributed by atoms with Crippen LogP contribution in [0.1, 0.15) is 31.9 Å². The van der Waals surface area contributed by atoms with Crippen LogP contribution >= 0.6 is 0 Å². The number of nitrogens with zero attached hydrogens (tertiary/aromatic N) is 2. The summed E-state index contributed by atoms with van der Waals surface area (Å²) >= 11 is 0. The minimum atomic E-state index is -4.34. The van der Waals surface area contributed by atoms with Crippen LogP contribution in [-0.2, 0) is 24.9 Å². The van der Waals surface area contributed by atoms with Crippen LogP contribution in [0.4, 0.5) is 5.69 Å². The van der Waals surface area contributed by atoms with Gasteiger partial charge in [0.05, 0.1) is 22.6 Å². The summed E-state index contributed by atoms with van der Waals surface area (Å²) in [6.07, 6.45) is 1.26. The number of nitrogens with one attached hydrogen (secondary N) is 2. The van der Waals surface area contributed by atoms with Crippen molar-refractivity contribution in [1.82, 2.24) is 10.1 Å². The predicted molar refractivity (Wildman–Crippen MR) is 154 cm³/mol. The second-order valence-electron chi connectivity index (χ2n) is 9.32. The van der Waals surface area contributed by atoms with E-state index in [4.69, 9.17) is 8.92 Å². The molecule has 0 saturated heterocycles. The van der Waals surface area contributed by atoms with E-state index in [9.17, 15) is 31.7 Å². The van der Waals surface area contributed by atoms with E-state index in [0.717, 1.165) is 29.8 Å². The van der Waals surface area contributed by atoms with Crippen LogP contribution in [0.2, 0.25) is 0 Å². The van der Waals surface area contributed by atoms with Gasteiger partial charge in [-0.3, -0.25) is 14.9 Å². The Morgan fingerprint density at radius 1 is 0.976 bits per heavy atom. The highest BCUT2D eigenvalue weighted by Gasteiger charge is 2.28. The zero-order valence-corrected chi connectivity index (χ0v) is 24.8. The Bertz CT molecular complexity index is 1670. The summed E-state index contributed by atoms with van der Waals surface area (Å²) in [6.45, 7) is 7.04. The first-order valence-electron chi connectivity index (χ1n) is 12.6. The molecule has 0 spiro atoms. The van der Waals surface area contributed by atoms with Gasteiger partial charge >= 0.3 is 10.1 Å². The number of nitro groups is 1. The van der Waals surface area contributed by atoms with E-state index < -0.39 is 42.9 Å². The first kappa shape index (κ1) is 32.2. The SMILES string of the molecule is CCOc1cc(/C=N\NC(=O)[C@H](NS(=O)(=O)c2ccc(C)cc2)C(C)C)ccc1OS(=O)(=O)c1ccc([N+](=O)[O-])cc1. The van der Waals surface area contributed by atoms with Gasteiger partial charge in [0.2, 0.25) is 10.0 Å². The number of hydrogen-bond donors (Lipinski definition) is 2. The molecule has 13 nitrogen and oxygen atoms in total. The van der Waals surface area contributed by atoms with Crippen molar-refractivity contribution in [3.63, 3.8) is 0 Å². The van der Waals surface area contributed by atoms with Crippen LogP contribution in [0.25, 0.3) is 0 Å². The molecular weight excluding hydrogens is 588 g/mol. The van der Waals surface area contributed by atoms with Gasteiger partial charge in [-0.05, 0) is 67.8 Å². The molecule has 0 aliphatic heterocycles. The molecule has 0 heterocycles. The van der Waals surface area contributed by atoms with E-state index in [2.05, 4.69) is 15.2 Å². The monoisotopic (exact) mass is 618 g/mol. The number of ether oxygens (including phenoxy) is 1. The maximum absolute atomic E-state index is 12.8. The topological polar surface area (TPSA) is 183 Å². The number of benzene rings is 3. The molecule has 0 bridgehead atoms. The number of non-ortho nitro benzene ring substituents is 1. The van der Waals surface area contributed by atoms with Gasteiger partial charge in [0.25, 0.3) is 11.6 Å². The maximum atomic E-state index is 12.8. The van der Waals surface area contributed by atoms with E-state index in [1.54, 1.807) is 32.9 Å². The quantitative estimate of drug-likeness (QED) is 0.125. The summed E-state index contributed by atoms with van der Waals surface area (Å²) in [5.74, 6) is -1.17. The van der Waals surface area contributed by atoms with E-state index in [1.807, 2.05) is 6.92 Å². The zero-order chi connectivity index (χ0) is 31.1. The molecule has 3 aromatic rings. The Kier molecular flexibility index (Phi) is 10.4. The second kappa shape index (κ2) is 13.5. The Balaban J connectivity index is 1.73. The molecule has 0 aliphatic carbocycles. The van der Waals surface area contributed by atoms with Crippen molar-refractivity contribution in [2.75, 3.05) is 6.61 Å². The Hall–Kier alpha value is -4.34. The molecule has 1 atom stereocenters. The van der Waals surface area contributed by atoms with Gasteiger partial charge in [-0.15, -0.1) is 0 Å². The third kappa shape index (κ3) is 8.34. The van der Waals surface area contributed by atoms with Crippen LogP contribution in [0.5, 0.6) is 11.5 Å². The number of hydrogen-bond acceptors (Lipinski definition) is 10. The minimum absolute atomic E-state index is 0.0244. The molecule has 2 N–H and O–H groups in total. The summed E-state index contributed by atoms with van der Waals surface area (Å²) < 4.78 is 64.2. The second-order valence-corrected chi connectivity index (χ2v) is 12.6. The third-order valence-corrected chi connectivity index (χ3v) is 8.46. The standard InChI is InChI=1S/C27H30N4O9S2/c1-5-39-25-16-20(8-15-24(25)40-42(37,38)23-13-9-21(10-14-23)31(33)34)17-28-29-27(32)26(18(2)3)30-41(35,36)22-11-6-19(4)7-12-22/h6-18,26,30H,5H2,1-4H3,(H,29,32)/b28-17-/t26-/m1/s1. The molecule has 15 heteroatoms. The van der Waals surface area contributed by atoms with Gasteiger partial charge in [0.1, 0.15) is 10.9 Å². The normalized spacial score (nSPS) is 12.7. The lowest BCUT2D eigenvalue weighted by Gasteiger charge is -2.20. The summed E-state index contributed by atoms with van der Waals surface area (Å²) in [5.41, 5.74) is 3.34. The van der Waals surface area contributed by atoms with Crippen LogP contribution in [0, 0.1) is 23.0 Å². The van der Waals surface area contributed by atoms with Crippen LogP contribution in [0.15, 0.2) is 81.6 Å². The molecular formula is C27H30N4O9S2. The molecule has 224 valence electrons. The van der Waals surface area contributed by atoms with Crippen molar-refractivity contribution in [2.24, 2.45) is 11.0 Å². The molecule has 0 unspecified atom stereocenters. The highest BCUT2D eigenvalue weighted by atomic mass is 32.2. The number of sulfonamides is 1. The fraction of sp³-hybridized carbons (Fsp3) is 0.259. The number of hydrazone groups is 1. The Morgan fingerprint density at radius 3 is 2.17 bits per heavy atom. The highest BCUT2D eigenvalue weighted by Crippen LogP contribution is 2.31. The van der Waals surface area contributed by atoms with Gasteiger partial charge < -0.3 is 8.92 Å². The van der Waals surface area contributed by atoms with Gasteiger partial charge in [-0.1, -0.05) is 31.5 Å². The first-order chi connectivity index (χ1) is 19.7. The van der Waals surface area contributed by atoms with Crippen LogP contribution < -0.4 is 19.1 Å². The number of carbonyl (C=O) groups excluding carboxylic acids is 1. The van der Waals surface area contributed by atoms with E-state index >= 15 is 0 Å². The van der Waals surface area contributed by atoms with E-state index in [0.29, 0.717) is 5.56 Å². The molecule has 0 aromatic heterocycles. The summed E-state index contributed by atoms with van der Waals surface area (Å²) in [4.78, 5) is 22.7. The van der Waals surface area contributed by atoms with Crippen LogP contribution in [0.3, 0.4) is 0 Å². The van der Waals surface area contributed by atoms with Crippen molar-refractivity contribution in [1.29, 1.82) is 0 Å². The lowest BCUT2D eigenvalue weighted by Crippen LogP contribution is -2.48. The Labute approximate surface area is 243 Å². The molecule has 0 radical (unpaired) electrons. The van der Waals surface area contributed by atoms with E-state index in [1.165, 1.54) is 36.5 Å². The molecule has 42 heavy (non-hydrogen) atoms. The largest absolute Gasteiger partial charge is 0.490 e. The summed E-state index contributed by atoms with van der Waals surface area (Å²) in [6, 6.07) is 13.5. The smallest absolute Gasteiger partial charge is 0.339 e. The molecule has 0 aliphatic rings. The molecule has 0 fully saturated rings. The number of carbonyl (C=O) groups is 1. The van der Waals surface area contributed by atoms with Crippen molar-refractivity contribution < 1.29 is 35.5 Å². The van der Waals surface area contributed by atoms with Crippen molar-refractivity contribution in [3.8, 4) is 11.5 Å². The average molecular weight is 619 g/mol. The number of nitro benzene ring substituents is 1. The summed E-state index contributed by atoms with van der Waals surface area (Å²) in [7, 11) is -8.32. The minimum Gasteiger partial charge on any atom is -0.490 e. The van der Waals surface area contributed by atoms with Crippen molar-refractivity contribution in [3.05, 3.63) is 88.0 Å². The van der Waals surface area contributed by atoms with Crippen molar-refractivity contribution >= 4 is 38.0 Å². The first-order valence-corrected chi connectivity index (χ1v) is 15.5. The van der Waals surface area contributed by atoms with Crippen molar-refractivity contribution in [2.45, 2.75) is 43.5 Å². The third-order valence-electron chi connectivity index (χ3n) is 5.75. The van der Waals surface area contributed by atoms with Gasteiger partial charge in [0.15, 0.2) is 11.5 Å². The Morgan fingerprint density at radius 2 is 1.60 bits per heavy atom. The predicted octanol–water partition coefficient (Wildman–Crippen LogP) is 3.52. The fourth-order valence-corrected chi connectivity index (χ4v) is 5.81. The van der Waals surface area contributed by atoms with Gasteiger partial charge in [-0.2, -0.15) is 18.2 Å². The van der Waals surface area contributed by atoms with Gasteiger partial charge in [-0.25, -0.2) is 13.8 Å². The molecule has 0 saturated carbocycles. The lowest BCUT2D eigenvalue weighted by atomic mass is 10.1. The fourth-order valence-electron chi connectivity index (χ4n) is 3.53. The van der Waals surface area contributed by atoms with Crippen LogP contribution in [-0.4, -0.2) is 46.5 Å². The molecule has 3 rings (SSSR count). The molecule has 1 amide bonds. The molecule has 3 aromatic carbocycles. The maximum Gasteiger partial charge on any atom is 0.339 e. The highest BCUT2D eigenvalue weighted by molar-refractivity contribution is 7.89. The number of rotatable bonds is 13. The van der Waals surface area contributed by atoms with Gasteiger partial charge in [0, 0.05) is 12.1 Å². The zero-order valence-electron chi connectivity index (χ0n) is 23.2. The van der Waals surface area contributed by atoms with E-state index in [-0.39, 0.29) is 33.6 Å². The summed E-state index contributed by atoms with van der Waals surface area (Å²) in [5, 5.41) is 14.7. The average Bonchev–Trinajstić information content (AvgIpc) is 2.93.